The largest absolute Gasteiger partial charge is 0.465 e. The van der Waals surface area contributed by atoms with Crippen LogP contribution in [0.2, 0.25) is 0 Å². The van der Waals surface area contributed by atoms with Gasteiger partial charge in [-0.05, 0) is 25.1 Å². The molecule has 0 atom stereocenters. The van der Waals surface area contributed by atoms with E-state index in [-0.39, 0.29) is 22.7 Å². The number of benzene rings is 1. The number of anilines is 1. The van der Waals surface area contributed by atoms with E-state index >= 15 is 0 Å². The Morgan fingerprint density at radius 3 is 2.74 bits per heavy atom. The molecule has 0 aliphatic heterocycles. The van der Waals surface area contributed by atoms with Gasteiger partial charge in [0.1, 0.15) is 0 Å². The summed E-state index contributed by atoms with van der Waals surface area (Å²) in [6.45, 7) is 1.56. The molecule has 0 heterocycles. The van der Waals surface area contributed by atoms with Gasteiger partial charge in [-0.3, -0.25) is 0 Å². The standard InChI is InChI=1S/C12H14N2O4S/c1-3-4-7-14-19(16,17)11-6-5-9(13)8-10(11)12(15)18-2/h5-6,8,14H,7,13H2,1-2H3. The van der Waals surface area contributed by atoms with Gasteiger partial charge in [0.25, 0.3) is 0 Å². The van der Waals surface area contributed by atoms with Crippen molar-refractivity contribution in [1.82, 2.24) is 4.72 Å². The van der Waals surface area contributed by atoms with Gasteiger partial charge < -0.3 is 10.5 Å². The third-order valence-electron chi connectivity index (χ3n) is 2.23. The van der Waals surface area contributed by atoms with Crippen LogP contribution in [0.3, 0.4) is 0 Å². The summed E-state index contributed by atoms with van der Waals surface area (Å²) < 4.78 is 30.9. The lowest BCUT2D eigenvalue weighted by atomic mass is 10.2. The van der Waals surface area contributed by atoms with Crippen LogP contribution in [0, 0.1) is 11.8 Å². The van der Waals surface area contributed by atoms with E-state index in [9.17, 15) is 13.2 Å². The zero-order valence-electron chi connectivity index (χ0n) is 10.6. The fourth-order valence-electron chi connectivity index (χ4n) is 1.35. The first-order valence-electron chi connectivity index (χ1n) is 5.29. The molecule has 102 valence electrons. The van der Waals surface area contributed by atoms with E-state index < -0.39 is 16.0 Å². The van der Waals surface area contributed by atoms with Crippen molar-refractivity contribution in [2.24, 2.45) is 0 Å². The minimum atomic E-state index is -3.84. The van der Waals surface area contributed by atoms with Gasteiger partial charge >= 0.3 is 5.97 Å². The van der Waals surface area contributed by atoms with Crippen molar-refractivity contribution in [3.63, 3.8) is 0 Å². The number of carbonyl (C=O) groups excluding carboxylic acids is 1. The number of esters is 1. The van der Waals surface area contributed by atoms with Gasteiger partial charge in [0.2, 0.25) is 10.0 Å². The Morgan fingerprint density at radius 2 is 2.16 bits per heavy atom. The van der Waals surface area contributed by atoms with Crippen molar-refractivity contribution < 1.29 is 17.9 Å². The third-order valence-corrected chi connectivity index (χ3v) is 3.69. The molecule has 0 saturated heterocycles. The van der Waals surface area contributed by atoms with E-state index in [4.69, 9.17) is 5.73 Å². The molecule has 0 aromatic heterocycles. The molecule has 1 aromatic rings. The lowest BCUT2D eigenvalue weighted by molar-refractivity contribution is 0.0596. The van der Waals surface area contributed by atoms with Crippen LogP contribution >= 0.6 is 0 Å². The summed E-state index contributed by atoms with van der Waals surface area (Å²) in [7, 11) is -2.68. The molecule has 1 aromatic carbocycles. The molecule has 0 spiro atoms. The van der Waals surface area contributed by atoms with E-state index in [2.05, 4.69) is 21.3 Å². The number of nitrogen functional groups attached to an aromatic ring is 1. The number of hydrogen-bond acceptors (Lipinski definition) is 5. The minimum Gasteiger partial charge on any atom is -0.465 e. The molecule has 3 N–H and O–H groups in total. The molecule has 0 fully saturated rings. The van der Waals surface area contributed by atoms with Crippen molar-refractivity contribution in [2.75, 3.05) is 19.4 Å². The van der Waals surface area contributed by atoms with Gasteiger partial charge in [-0.25, -0.2) is 13.2 Å². The Morgan fingerprint density at radius 1 is 1.47 bits per heavy atom. The monoisotopic (exact) mass is 282 g/mol. The predicted octanol–water partition coefficient (Wildman–Crippen LogP) is 0.357. The average Bonchev–Trinajstić information content (AvgIpc) is 2.37. The van der Waals surface area contributed by atoms with Crippen LogP contribution in [-0.4, -0.2) is 28.0 Å². The molecule has 0 radical (unpaired) electrons. The van der Waals surface area contributed by atoms with Crippen molar-refractivity contribution in [2.45, 2.75) is 11.8 Å². The molecule has 0 aliphatic rings. The summed E-state index contributed by atoms with van der Waals surface area (Å²) in [5.74, 6) is 4.36. The number of nitrogens with two attached hydrogens (primary N) is 1. The number of ether oxygens (including phenoxy) is 1. The SMILES string of the molecule is CC#CCNS(=O)(=O)c1ccc(N)cc1C(=O)OC. The highest BCUT2D eigenvalue weighted by Crippen LogP contribution is 2.19. The highest BCUT2D eigenvalue weighted by Gasteiger charge is 2.22. The van der Waals surface area contributed by atoms with E-state index in [0.29, 0.717) is 0 Å². The van der Waals surface area contributed by atoms with Crippen LogP contribution in [0.15, 0.2) is 23.1 Å². The van der Waals surface area contributed by atoms with Crippen molar-refractivity contribution in [3.8, 4) is 11.8 Å². The van der Waals surface area contributed by atoms with Crippen molar-refractivity contribution in [1.29, 1.82) is 0 Å². The normalized spacial score (nSPS) is 10.4. The zero-order valence-corrected chi connectivity index (χ0v) is 11.4. The Kier molecular flexibility index (Phi) is 4.92. The van der Waals surface area contributed by atoms with Gasteiger partial charge in [0.15, 0.2) is 0 Å². The number of rotatable bonds is 4. The van der Waals surface area contributed by atoms with E-state index in [1.54, 1.807) is 6.92 Å². The van der Waals surface area contributed by atoms with E-state index in [1.165, 1.54) is 18.2 Å². The Bertz CT molecular complexity index is 641. The third kappa shape index (κ3) is 3.71. The quantitative estimate of drug-likeness (QED) is 0.472. The van der Waals surface area contributed by atoms with Crippen LogP contribution in [0.5, 0.6) is 0 Å². The molecule has 0 saturated carbocycles. The van der Waals surface area contributed by atoms with Gasteiger partial charge in [0, 0.05) is 5.69 Å². The van der Waals surface area contributed by atoms with Crippen LogP contribution in [0.1, 0.15) is 17.3 Å². The summed E-state index contributed by atoms with van der Waals surface area (Å²) >= 11 is 0. The van der Waals surface area contributed by atoms with Gasteiger partial charge in [-0.1, -0.05) is 5.92 Å². The zero-order chi connectivity index (χ0) is 14.5. The second kappa shape index (κ2) is 6.22. The molecule has 1 rings (SSSR count). The molecule has 7 heteroatoms. The molecule has 19 heavy (non-hydrogen) atoms. The summed E-state index contributed by atoms with van der Waals surface area (Å²) in [4.78, 5) is 11.4. The number of carbonyl (C=O) groups is 1. The maximum Gasteiger partial charge on any atom is 0.339 e. The second-order valence-corrected chi connectivity index (χ2v) is 5.23. The van der Waals surface area contributed by atoms with Crippen molar-refractivity contribution in [3.05, 3.63) is 23.8 Å². The first-order chi connectivity index (χ1) is 8.92. The molecule has 0 unspecified atom stereocenters. The summed E-state index contributed by atoms with van der Waals surface area (Å²) in [6, 6.07) is 3.90. The molecular formula is C12H14N2O4S. The molecule has 0 bridgehead atoms. The smallest absolute Gasteiger partial charge is 0.339 e. The molecule has 0 amide bonds. The maximum absolute atomic E-state index is 12.0. The minimum absolute atomic E-state index is 0.0379. The number of hydrogen-bond donors (Lipinski definition) is 2. The summed E-state index contributed by atoms with van der Waals surface area (Å²) in [5.41, 5.74) is 5.70. The van der Waals surface area contributed by atoms with Crippen LogP contribution in [0.4, 0.5) is 5.69 Å². The van der Waals surface area contributed by atoms with Crippen LogP contribution in [0.25, 0.3) is 0 Å². The van der Waals surface area contributed by atoms with Crippen LogP contribution < -0.4 is 10.5 Å². The fourth-order valence-corrected chi connectivity index (χ4v) is 2.45. The lowest BCUT2D eigenvalue weighted by Gasteiger charge is -2.09. The Balaban J connectivity index is 3.24. The Hall–Kier alpha value is -2.04. The Labute approximate surface area is 112 Å². The predicted molar refractivity (Wildman–Crippen MR) is 70.8 cm³/mol. The summed E-state index contributed by atoms with van der Waals surface area (Å²) in [5, 5.41) is 0. The topological polar surface area (TPSA) is 98.5 Å². The highest BCUT2D eigenvalue weighted by molar-refractivity contribution is 7.89. The number of sulfonamides is 1. The summed E-state index contributed by atoms with van der Waals surface area (Å²) in [6.07, 6.45) is 0. The number of nitrogens with one attached hydrogen (secondary N) is 1. The lowest BCUT2D eigenvalue weighted by Crippen LogP contribution is -2.26. The van der Waals surface area contributed by atoms with Crippen LogP contribution in [-0.2, 0) is 14.8 Å². The first-order valence-corrected chi connectivity index (χ1v) is 6.78. The maximum atomic E-state index is 12.0. The second-order valence-electron chi connectivity index (χ2n) is 3.50. The molecule has 6 nitrogen and oxygen atoms in total. The van der Waals surface area contributed by atoms with Gasteiger partial charge in [-0.2, -0.15) is 4.72 Å². The van der Waals surface area contributed by atoms with E-state index in [0.717, 1.165) is 7.11 Å². The van der Waals surface area contributed by atoms with Gasteiger partial charge in [-0.15, -0.1) is 5.92 Å². The highest BCUT2D eigenvalue weighted by atomic mass is 32.2. The van der Waals surface area contributed by atoms with Gasteiger partial charge in [0.05, 0.1) is 24.1 Å². The molecule has 0 aliphatic carbocycles. The fraction of sp³-hybridized carbons (Fsp3) is 0.250. The first kappa shape index (κ1) is 15.0. The molecular weight excluding hydrogens is 268 g/mol. The van der Waals surface area contributed by atoms with E-state index in [1.807, 2.05) is 0 Å². The number of methoxy groups -OCH3 is 1. The average molecular weight is 282 g/mol. The van der Waals surface area contributed by atoms with Crippen molar-refractivity contribution >= 4 is 21.7 Å².